The van der Waals surface area contributed by atoms with Crippen LogP contribution in [-0.4, -0.2) is 60.5 Å². The number of imidazole rings is 1. The fraction of sp³-hybridized carbons (Fsp3) is 0.706. The lowest BCUT2D eigenvalue weighted by Gasteiger charge is -2.28. The number of nitro groups is 1. The molecule has 1 aromatic heterocycles. The fourth-order valence-corrected chi connectivity index (χ4v) is 2.54. The summed E-state index contributed by atoms with van der Waals surface area (Å²) in [7, 11) is 0. The minimum absolute atomic E-state index is 0.0517. The van der Waals surface area contributed by atoms with Gasteiger partial charge in [-0.2, -0.15) is 0 Å². The minimum atomic E-state index is -0.683. The zero-order valence-corrected chi connectivity index (χ0v) is 17.4. The summed E-state index contributed by atoms with van der Waals surface area (Å²) in [5.74, 6) is -0.290. The molecule has 0 amide bonds. The van der Waals surface area contributed by atoms with Gasteiger partial charge in [-0.15, -0.1) is 0 Å². The molecule has 11 nitrogen and oxygen atoms in total. The highest BCUT2D eigenvalue weighted by molar-refractivity contribution is 5.92. The third-order valence-electron chi connectivity index (χ3n) is 4.89. The predicted molar refractivity (Wildman–Crippen MR) is 107 cm³/mol. The second-order valence-corrected chi connectivity index (χ2v) is 7.73. The van der Waals surface area contributed by atoms with E-state index in [4.69, 9.17) is 5.21 Å². The van der Waals surface area contributed by atoms with Crippen molar-refractivity contribution in [2.45, 2.75) is 65.6 Å². The van der Waals surface area contributed by atoms with Crippen molar-refractivity contribution < 1.29 is 15.3 Å². The van der Waals surface area contributed by atoms with E-state index in [0.717, 1.165) is 6.42 Å². The highest BCUT2D eigenvalue weighted by Gasteiger charge is 2.30. The zero-order valence-electron chi connectivity index (χ0n) is 17.4. The van der Waals surface area contributed by atoms with Gasteiger partial charge in [-0.3, -0.25) is 0 Å². The molecule has 0 unspecified atom stereocenters. The van der Waals surface area contributed by atoms with Crippen LogP contribution >= 0.6 is 0 Å². The van der Waals surface area contributed by atoms with Crippen molar-refractivity contribution in [2.75, 3.05) is 13.1 Å². The van der Waals surface area contributed by atoms with Crippen LogP contribution < -0.4 is 10.6 Å². The van der Waals surface area contributed by atoms with E-state index in [0.29, 0.717) is 30.2 Å². The molecule has 0 aromatic carbocycles. The highest BCUT2D eigenvalue weighted by Crippen LogP contribution is 2.16. The molecule has 0 saturated carbocycles. The number of nitrogens with one attached hydrogen (secondary N) is 2. The SMILES string of the molecule is CC(=NO)C(C)(C)NCCCNC(C)(C)C(Cn1c(C)cnc1[N+](=O)[O-])=NO. The molecule has 0 radical (unpaired) electrons. The molecule has 158 valence electrons. The Balaban J connectivity index is 2.66. The second kappa shape index (κ2) is 9.60. The van der Waals surface area contributed by atoms with E-state index in [1.165, 1.54) is 10.8 Å². The maximum Gasteiger partial charge on any atom is 0.435 e. The second-order valence-electron chi connectivity index (χ2n) is 7.73. The fourth-order valence-electron chi connectivity index (χ4n) is 2.54. The Labute approximate surface area is 164 Å². The van der Waals surface area contributed by atoms with Crippen LogP contribution in [0.2, 0.25) is 0 Å². The molecule has 1 aromatic rings. The monoisotopic (exact) mass is 397 g/mol. The first-order chi connectivity index (χ1) is 13.0. The van der Waals surface area contributed by atoms with Gasteiger partial charge in [0.15, 0.2) is 0 Å². The van der Waals surface area contributed by atoms with Gasteiger partial charge in [0.25, 0.3) is 0 Å². The first-order valence-corrected chi connectivity index (χ1v) is 9.03. The summed E-state index contributed by atoms with van der Waals surface area (Å²) in [5.41, 5.74) is 0.453. The normalized spacial score (nSPS) is 13.8. The van der Waals surface area contributed by atoms with Crippen LogP contribution in [0.25, 0.3) is 0 Å². The molecular weight excluding hydrogens is 366 g/mol. The molecule has 0 aliphatic carbocycles. The van der Waals surface area contributed by atoms with Crippen molar-refractivity contribution in [3.8, 4) is 0 Å². The van der Waals surface area contributed by atoms with Crippen molar-refractivity contribution in [3.63, 3.8) is 0 Å². The van der Waals surface area contributed by atoms with E-state index < -0.39 is 16.0 Å². The Morgan fingerprint density at radius 2 is 1.79 bits per heavy atom. The summed E-state index contributed by atoms with van der Waals surface area (Å²) >= 11 is 0. The van der Waals surface area contributed by atoms with Crippen molar-refractivity contribution in [2.24, 2.45) is 10.3 Å². The molecule has 0 saturated heterocycles. The van der Waals surface area contributed by atoms with Crippen LogP contribution in [0, 0.1) is 17.0 Å². The lowest BCUT2D eigenvalue weighted by atomic mass is 9.97. The minimum Gasteiger partial charge on any atom is -0.411 e. The Morgan fingerprint density at radius 3 is 2.29 bits per heavy atom. The van der Waals surface area contributed by atoms with Crippen molar-refractivity contribution in [3.05, 3.63) is 22.0 Å². The van der Waals surface area contributed by atoms with Gasteiger partial charge < -0.3 is 31.2 Å². The third kappa shape index (κ3) is 5.99. The van der Waals surface area contributed by atoms with Gasteiger partial charge in [0.2, 0.25) is 0 Å². The average molecular weight is 397 g/mol. The van der Waals surface area contributed by atoms with Gasteiger partial charge in [-0.05, 0) is 66.0 Å². The largest absolute Gasteiger partial charge is 0.435 e. The van der Waals surface area contributed by atoms with Crippen LogP contribution in [0.4, 0.5) is 5.95 Å². The first-order valence-electron chi connectivity index (χ1n) is 9.03. The Bertz CT molecular complexity index is 738. The summed E-state index contributed by atoms with van der Waals surface area (Å²) in [5, 5.41) is 42.7. The first kappa shape index (κ1) is 23.5. The molecule has 28 heavy (non-hydrogen) atoms. The molecule has 0 atom stereocenters. The number of hydrogen-bond donors (Lipinski definition) is 4. The van der Waals surface area contributed by atoms with Gasteiger partial charge in [0.05, 0.1) is 16.8 Å². The molecule has 4 N–H and O–H groups in total. The summed E-state index contributed by atoms with van der Waals surface area (Å²) in [6.45, 7) is 12.4. The molecular formula is C17H31N7O4. The maximum absolute atomic E-state index is 11.1. The summed E-state index contributed by atoms with van der Waals surface area (Å²) in [6, 6.07) is 0. The third-order valence-corrected chi connectivity index (χ3v) is 4.89. The number of aromatic nitrogens is 2. The molecule has 1 heterocycles. The standard InChI is InChI=1S/C17H31N7O4/c1-12-10-18-15(24(27)28)23(12)11-14(22-26)17(5,6)20-9-7-8-19-16(3,4)13(2)21-25/h10,19-20,25-26H,7-9,11H2,1-6H3. The summed E-state index contributed by atoms with van der Waals surface area (Å²) in [6.07, 6.45) is 2.19. The zero-order chi connectivity index (χ0) is 21.5. The smallest absolute Gasteiger partial charge is 0.411 e. The van der Waals surface area contributed by atoms with E-state index in [9.17, 15) is 15.3 Å². The van der Waals surface area contributed by atoms with Crippen molar-refractivity contribution in [1.82, 2.24) is 20.2 Å². The molecule has 1 rings (SSSR count). The number of rotatable bonds is 11. The van der Waals surface area contributed by atoms with Crippen LogP contribution in [0.15, 0.2) is 16.5 Å². The van der Waals surface area contributed by atoms with Crippen LogP contribution in [-0.2, 0) is 6.54 Å². The lowest BCUT2D eigenvalue weighted by Crippen LogP contribution is -2.50. The van der Waals surface area contributed by atoms with Crippen LogP contribution in [0.3, 0.4) is 0 Å². The van der Waals surface area contributed by atoms with Gasteiger partial charge in [-0.1, -0.05) is 15.3 Å². The number of nitrogens with zero attached hydrogens (tertiary/aromatic N) is 5. The molecule has 0 bridgehead atoms. The summed E-state index contributed by atoms with van der Waals surface area (Å²) in [4.78, 5) is 14.3. The molecule has 0 aliphatic heterocycles. The van der Waals surface area contributed by atoms with Gasteiger partial charge >= 0.3 is 5.95 Å². The van der Waals surface area contributed by atoms with Gasteiger partial charge in [-0.25, -0.2) is 4.57 Å². The molecule has 0 aliphatic rings. The van der Waals surface area contributed by atoms with E-state index in [2.05, 4.69) is 25.9 Å². The predicted octanol–water partition coefficient (Wildman–Crippen LogP) is 1.91. The van der Waals surface area contributed by atoms with E-state index in [1.807, 2.05) is 27.7 Å². The van der Waals surface area contributed by atoms with Crippen molar-refractivity contribution in [1.29, 1.82) is 0 Å². The average Bonchev–Trinajstić information content (AvgIpc) is 2.98. The highest BCUT2D eigenvalue weighted by atomic mass is 16.6. The van der Waals surface area contributed by atoms with Crippen LogP contribution in [0.1, 0.15) is 46.7 Å². The Kier molecular flexibility index (Phi) is 8.06. The quantitative estimate of drug-likeness (QED) is 0.146. The van der Waals surface area contributed by atoms with Gasteiger partial charge in [0.1, 0.15) is 24.1 Å². The molecule has 0 fully saturated rings. The maximum atomic E-state index is 11.1. The molecule has 0 spiro atoms. The van der Waals surface area contributed by atoms with E-state index in [-0.39, 0.29) is 12.5 Å². The Hall–Kier alpha value is -2.53. The topological polar surface area (TPSA) is 150 Å². The van der Waals surface area contributed by atoms with E-state index >= 15 is 0 Å². The number of oxime groups is 2. The van der Waals surface area contributed by atoms with E-state index in [1.54, 1.807) is 13.8 Å². The Morgan fingerprint density at radius 1 is 1.21 bits per heavy atom. The summed E-state index contributed by atoms with van der Waals surface area (Å²) < 4.78 is 1.40. The lowest BCUT2D eigenvalue weighted by molar-refractivity contribution is -0.396. The van der Waals surface area contributed by atoms with Crippen molar-refractivity contribution >= 4 is 17.4 Å². The van der Waals surface area contributed by atoms with Gasteiger partial charge in [0, 0.05) is 0 Å². The number of hydrogen-bond acceptors (Lipinski definition) is 9. The van der Waals surface area contributed by atoms with Crippen LogP contribution in [0.5, 0.6) is 0 Å². The molecule has 11 heteroatoms. The number of aryl methyl sites for hydroxylation is 1.